The second-order valence-electron chi connectivity index (χ2n) is 7.97. The Bertz CT molecular complexity index is 1200. The largest absolute Gasteiger partial charge is 0.461 e. The van der Waals surface area contributed by atoms with Crippen molar-refractivity contribution in [2.45, 2.75) is 32.2 Å². The minimum atomic E-state index is -3.75. The highest BCUT2D eigenvalue weighted by Crippen LogP contribution is 2.21. The Kier molecular flexibility index (Phi) is 8.20. The van der Waals surface area contributed by atoms with Gasteiger partial charge in [0.25, 0.3) is 0 Å². The summed E-state index contributed by atoms with van der Waals surface area (Å²) >= 11 is 0. The molecular weight excluding hydrogens is 434 g/mol. The molecule has 0 spiro atoms. The quantitative estimate of drug-likeness (QED) is 0.412. The highest BCUT2D eigenvalue weighted by Gasteiger charge is 2.24. The van der Waals surface area contributed by atoms with E-state index >= 15 is 0 Å². The van der Waals surface area contributed by atoms with Crippen LogP contribution in [0.3, 0.4) is 0 Å². The summed E-state index contributed by atoms with van der Waals surface area (Å²) in [6, 6.07) is 24.2. The minimum Gasteiger partial charge on any atom is -0.461 e. The molecule has 0 aliphatic rings. The van der Waals surface area contributed by atoms with Crippen LogP contribution in [0.25, 0.3) is 5.57 Å². The van der Waals surface area contributed by atoms with Gasteiger partial charge in [0.05, 0.1) is 4.90 Å². The van der Waals surface area contributed by atoms with Crippen molar-refractivity contribution in [3.05, 3.63) is 107 Å². The summed E-state index contributed by atoms with van der Waals surface area (Å²) in [4.78, 5) is 11.7. The van der Waals surface area contributed by atoms with E-state index in [4.69, 9.17) is 4.74 Å². The molecule has 0 aliphatic carbocycles. The Morgan fingerprint density at radius 3 is 2.03 bits per heavy atom. The van der Waals surface area contributed by atoms with Gasteiger partial charge in [-0.3, -0.25) is 4.79 Å². The summed E-state index contributed by atoms with van der Waals surface area (Å²) in [6.07, 6.45) is 1.82. The van der Waals surface area contributed by atoms with E-state index in [1.165, 1.54) is 11.2 Å². The lowest BCUT2D eigenvalue weighted by atomic mass is 10.0. The predicted molar refractivity (Wildman–Crippen MR) is 131 cm³/mol. The number of sulfonamides is 1. The van der Waals surface area contributed by atoms with Gasteiger partial charge in [0, 0.05) is 20.0 Å². The zero-order valence-corrected chi connectivity index (χ0v) is 20.0. The van der Waals surface area contributed by atoms with Gasteiger partial charge in [-0.15, -0.1) is 0 Å². The monoisotopic (exact) mass is 463 g/mol. The predicted octanol–water partition coefficient (Wildman–Crippen LogP) is 5.14. The standard InChI is InChI=1S/C27H29NO4S/c1-21-9-13-25(14-10-21)26(20-32-23(3)29)17-18-28(19-24-7-5-4-6-8-24)33(30,31)27-15-11-22(2)12-16-27/h4-17H,18-20H2,1-3H3/b26-17+. The normalized spacial score (nSPS) is 12.1. The van der Waals surface area contributed by atoms with Gasteiger partial charge in [-0.25, -0.2) is 8.42 Å². The molecule has 172 valence electrons. The van der Waals surface area contributed by atoms with Crippen molar-refractivity contribution in [2.75, 3.05) is 13.2 Å². The van der Waals surface area contributed by atoms with Gasteiger partial charge >= 0.3 is 5.97 Å². The van der Waals surface area contributed by atoms with Crippen molar-refractivity contribution in [1.82, 2.24) is 4.31 Å². The van der Waals surface area contributed by atoms with Gasteiger partial charge in [-0.2, -0.15) is 4.31 Å². The lowest BCUT2D eigenvalue weighted by molar-refractivity contribution is -0.139. The highest BCUT2D eigenvalue weighted by molar-refractivity contribution is 7.89. The topological polar surface area (TPSA) is 63.7 Å². The number of hydrogen-bond acceptors (Lipinski definition) is 4. The minimum absolute atomic E-state index is 0.0716. The Labute approximate surface area is 196 Å². The third kappa shape index (κ3) is 6.88. The van der Waals surface area contributed by atoms with Gasteiger partial charge in [0.2, 0.25) is 10.0 Å². The Morgan fingerprint density at radius 2 is 1.45 bits per heavy atom. The summed E-state index contributed by atoms with van der Waals surface area (Å²) in [5, 5.41) is 0. The van der Waals surface area contributed by atoms with Crippen molar-refractivity contribution >= 4 is 21.6 Å². The molecule has 3 aromatic rings. The fraction of sp³-hybridized carbons (Fsp3) is 0.222. The molecule has 5 nitrogen and oxygen atoms in total. The van der Waals surface area contributed by atoms with Crippen molar-refractivity contribution < 1.29 is 17.9 Å². The van der Waals surface area contributed by atoms with Crippen LogP contribution < -0.4 is 0 Å². The molecule has 3 rings (SSSR count). The molecule has 0 bridgehead atoms. The highest BCUT2D eigenvalue weighted by atomic mass is 32.2. The SMILES string of the molecule is CC(=O)OC/C(=C\CN(Cc1ccccc1)S(=O)(=O)c1ccc(C)cc1)c1ccc(C)cc1. The van der Waals surface area contributed by atoms with E-state index in [9.17, 15) is 13.2 Å². The van der Waals surface area contributed by atoms with Gasteiger partial charge in [0.1, 0.15) is 6.61 Å². The molecule has 0 unspecified atom stereocenters. The van der Waals surface area contributed by atoms with Crippen LogP contribution in [-0.4, -0.2) is 31.8 Å². The van der Waals surface area contributed by atoms with Crippen LogP contribution in [0.15, 0.2) is 89.8 Å². The molecule has 3 aromatic carbocycles. The number of nitrogens with zero attached hydrogens (tertiary/aromatic N) is 1. The fourth-order valence-electron chi connectivity index (χ4n) is 3.31. The first-order valence-corrected chi connectivity index (χ1v) is 12.2. The van der Waals surface area contributed by atoms with Gasteiger partial charge < -0.3 is 4.74 Å². The van der Waals surface area contributed by atoms with E-state index < -0.39 is 10.0 Å². The Hall–Kier alpha value is -3.22. The van der Waals surface area contributed by atoms with Gasteiger partial charge in [-0.1, -0.05) is 83.9 Å². The first kappa shape index (κ1) is 24.4. The zero-order chi connectivity index (χ0) is 23.8. The average Bonchev–Trinajstić information content (AvgIpc) is 2.80. The third-order valence-electron chi connectivity index (χ3n) is 5.26. The number of carbonyl (C=O) groups is 1. The molecule has 0 aliphatic heterocycles. The third-order valence-corrected chi connectivity index (χ3v) is 7.08. The summed E-state index contributed by atoms with van der Waals surface area (Å²) in [7, 11) is -3.75. The number of ether oxygens (including phenoxy) is 1. The molecule has 0 saturated carbocycles. The fourth-order valence-corrected chi connectivity index (χ4v) is 4.68. The number of benzene rings is 3. The molecule has 33 heavy (non-hydrogen) atoms. The Balaban J connectivity index is 1.97. The molecule has 0 amide bonds. The lowest BCUT2D eigenvalue weighted by Gasteiger charge is -2.22. The van der Waals surface area contributed by atoms with E-state index in [0.717, 1.165) is 27.8 Å². The molecule has 0 fully saturated rings. The second-order valence-corrected chi connectivity index (χ2v) is 9.91. The van der Waals surface area contributed by atoms with Crippen LogP contribution in [-0.2, 0) is 26.1 Å². The molecule has 6 heteroatoms. The van der Waals surface area contributed by atoms with E-state index in [1.54, 1.807) is 24.3 Å². The van der Waals surface area contributed by atoms with Gasteiger partial charge in [0.15, 0.2) is 0 Å². The van der Waals surface area contributed by atoms with Crippen molar-refractivity contribution in [1.29, 1.82) is 0 Å². The van der Waals surface area contributed by atoms with Crippen LogP contribution in [0.2, 0.25) is 0 Å². The molecular formula is C27H29NO4S. The van der Waals surface area contributed by atoms with E-state index in [2.05, 4.69) is 0 Å². The number of hydrogen-bond donors (Lipinski definition) is 0. The summed E-state index contributed by atoms with van der Waals surface area (Å²) < 4.78 is 33.7. The van der Waals surface area contributed by atoms with Crippen LogP contribution in [0, 0.1) is 13.8 Å². The molecule has 0 atom stereocenters. The first-order chi connectivity index (χ1) is 15.8. The number of aryl methyl sites for hydroxylation is 2. The van der Waals surface area contributed by atoms with Crippen LogP contribution in [0.5, 0.6) is 0 Å². The molecule has 0 saturated heterocycles. The van der Waals surface area contributed by atoms with E-state index in [-0.39, 0.29) is 30.6 Å². The van der Waals surface area contributed by atoms with Crippen molar-refractivity contribution in [3.8, 4) is 0 Å². The maximum atomic E-state index is 13.5. The van der Waals surface area contributed by atoms with E-state index in [0.29, 0.717) is 0 Å². The van der Waals surface area contributed by atoms with E-state index in [1.807, 2.05) is 74.5 Å². The molecule has 0 aromatic heterocycles. The van der Waals surface area contributed by atoms with Crippen molar-refractivity contribution in [2.24, 2.45) is 0 Å². The molecule has 0 N–H and O–H groups in total. The van der Waals surface area contributed by atoms with Crippen LogP contribution in [0.4, 0.5) is 0 Å². The van der Waals surface area contributed by atoms with Crippen molar-refractivity contribution in [3.63, 3.8) is 0 Å². The smallest absolute Gasteiger partial charge is 0.302 e. The number of esters is 1. The molecule has 0 heterocycles. The van der Waals surface area contributed by atoms with Gasteiger partial charge in [-0.05, 0) is 42.7 Å². The van der Waals surface area contributed by atoms with Crippen LogP contribution in [0.1, 0.15) is 29.2 Å². The maximum absolute atomic E-state index is 13.5. The maximum Gasteiger partial charge on any atom is 0.302 e. The Morgan fingerprint density at radius 1 is 0.879 bits per heavy atom. The molecule has 0 radical (unpaired) electrons. The summed E-state index contributed by atoms with van der Waals surface area (Å²) in [5.41, 5.74) is 4.62. The second kappa shape index (κ2) is 11.1. The summed E-state index contributed by atoms with van der Waals surface area (Å²) in [5.74, 6) is -0.388. The number of rotatable bonds is 9. The number of carbonyl (C=O) groups excluding carboxylic acids is 1. The lowest BCUT2D eigenvalue weighted by Crippen LogP contribution is -2.31. The first-order valence-electron chi connectivity index (χ1n) is 10.8. The van der Waals surface area contributed by atoms with Crippen LogP contribution >= 0.6 is 0 Å². The zero-order valence-electron chi connectivity index (χ0n) is 19.2. The average molecular weight is 464 g/mol. The summed E-state index contributed by atoms with van der Waals surface area (Å²) in [6.45, 7) is 5.70.